The fourth-order valence-corrected chi connectivity index (χ4v) is 2.28. The average Bonchev–Trinajstić information content (AvgIpc) is 2.55. The summed E-state index contributed by atoms with van der Waals surface area (Å²) in [6, 6.07) is 6.75. The van der Waals surface area contributed by atoms with Gasteiger partial charge < -0.3 is 10.6 Å². The minimum absolute atomic E-state index is 0.00447. The molecule has 2 N–H and O–H groups in total. The molecule has 9 heteroatoms. The minimum Gasteiger partial charge on any atom is -0.380 e. The molecule has 0 aliphatic carbocycles. The van der Waals surface area contributed by atoms with Crippen LogP contribution in [-0.4, -0.2) is 24.0 Å². The molecule has 2 rings (SSSR count). The minimum atomic E-state index is -1.72. The summed E-state index contributed by atoms with van der Waals surface area (Å²) in [7, 11) is 0. The van der Waals surface area contributed by atoms with E-state index in [1.165, 1.54) is 0 Å². The third-order valence-electron chi connectivity index (χ3n) is 3.03. The van der Waals surface area contributed by atoms with Gasteiger partial charge in [-0.25, -0.2) is 0 Å². The molecule has 0 bridgehead atoms. The van der Waals surface area contributed by atoms with Crippen molar-refractivity contribution < 1.29 is 22.4 Å². The van der Waals surface area contributed by atoms with Gasteiger partial charge in [0, 0.05) is 23.1 Å². The molecule has 4 nitrogen and oxygen atoms in total. The van der Waals surface area contributed by atoms with E-state index in [0.717, 1.165) is 4.47 Å². The van der Waals surface area contributed by atoms with Gasteiger partial charge in [-0.1, -0.05) is 22.0 Å². The van der Waals surface area contributed by atoms with Gasteiger partial charge >= 0.3 is 0 Å². The first-order valence-electron chi connectivity index (χ1n) is 6.87. The molecule has 0 aliphatic heterocycles. The third kappa shape index (κ3) is 4.44. The number of aromatic nitrogens is 1. The second-order valence-electron chi connectivity index (χ2n) is 4.74. The normalized spacial score (nSPS) is 10.5. The molecule has 2 aromatic rings. The van der Waals surface area contributed by atoms with Gasteiger partial charge in [0.1, 0.15) is 5.69 Å². The Bertz CT molecular complexity index is 731. The van der Waals surface area contributed by atoms with Gasteiger partial charge in [0.25, 0.3) is 17.8 Å². The lowest BCUT2D eigenvalue weighted by atomic mass is 10.2. The van der Waals surface area contributed by atoms with Crippen LogP contribution >= 0.6 is 15.9 Å². The lowest BCUT2D eigenvalue weighted by Crippen LogP contribution is -2.26. The van der Waals surface area contributed by atoms with Crippen molar-refractivity contribution in [2.45, 2.75) is 6.42 Å². The van der Waals surface area contributed by atoms with Crippen LogP contribution < -0.4 is 10.6 Å². The van der Waals surface area contributed by atoms with Crippen molar-refractivity contribution in [3.8, 4) is 0 Å². The number of pyridine rings is 1. The molecule has 24 heavy (non-hydrogen) atoms. The van der Waals surface area contributed by atoms with Crippen molar-refractivity contribution in [2.24, 2.45) is 0 Å². The van der Waals surface area contributed by atoms with Gasteiger partial charge in [-0.15, -0.1) is 0 Å². The number of anilines is 1. The Morgan fingerprint density at radius 3 is 2.38 bits per heavy atom. The summed E-state index contributed by atoms with van der Waals surface area (Å²) in [5, 5.41) is 4.87. The first-order valence-corrected chi connectivity index (χ1v) is 7.67. The third-order valence-corrected chi connectivity index (χ3v) is 3.52. The lowest BCUT2D eigenvalue weighted by Gasteiger charge is -2.10. The Labute approximate surface area is 143 Å². The molecule has 0 saturated carbocycles. The summed E-state index contributed by atoms with van der Waals surface area (Å²) in [5.41, 5.74) is -0.467. The van der Waals surface area contributed by atoms with E-state index in [-0.39, 0.29) is 25.4 Å². The highest BCUT2D eigenvalue weighted by molar-refractivity contribution is 9.10. The van der Waals surface area contributed by atoms with Crippen LogP contribution in [-0.2, 0) is 0 Å². The van der Waals surface area contributed by atoms with Crippen molar-refractivity contribution >= 4 is 27.5 Å². The molecule has 0 fully saturated rings. The van der Waals surface area contributed by atoms with Gasteiger partial charge in [-0.2, -0.15) is 22.5 Å². The van der Waals surface area contributed by atoms with Crippen molar-refractivity contribution in [3.05, 3.63) is 57.8 Å². The number of hydrogen-bond donors (Lipinski definition) is 2. The summed E-state index contributed by atoms with van der Waals surface area (Å²) >= 11 is 3.25. The standard InChI is InChI=1S/C15H12BrF4N3O/c16-9-4-1-3-8(7-9)15(24)22-6-2-5-21-12-10(17)13(19)23-14(20)11(12)18/h1,3-4,7H,2,5-6H2,(H,21,23)(H,22,24). The van der Waals surface area contributed by atoms with E-state index in [0.29, 0.717) is 5.56 Å². The summed E-state index contributed by atoms with van der Waals surface area (Å²) < 4.78 is 53.3. The Kier molecular flexibility index (Phi) is 6.13. The van der Waals surface area contributed by atoms with Crippen molar-refractivity contribution in [1.29, 1.82) is 0 Å². The highest BCUT2D eigenvalue weighted by atomic mass is 79.9. The SMILES string of the molecule is O=C(NCCCNc1c(F)c(F)nc(F)c1F)c1cccc(Br)c1. The smallest absolute Gasteiger partial charge is 0.253 e. The number of hydrogen-bond acceptors (Lipinski definition) is 3. The number of benzene rings is 1. The van der Waals surface area contributed by atoms with E-state index >= 15 is 0 Å². The van der Waals surface area contributed by atoms with E-state index in [1.54, 1.807) is 24.3 Å². The van der Waals surface area contributed by atoms with Crippen LogP contribution in [0.3, 0.4) is 0 Å². The average molecular weight is 406 g/mol. The van der Waals surface area contributed by atoms with Crippen LogP contribution in [0.1, 0.15) is 16.8 Å². The van der Waals surface area contributed by atoms with Gasteiger partial charge in [0.05, 0.1) is 0 Å². The Balaban J connectivity index is 1.83. The number of amides is 1. The van der Waals surface area contributed by atoms with E-state index < -0.39 is 29.2 Å². The van der Waals surface area contributed by atoms with Gasteiger partial charge in [0.15, 0.2) is 0 Å². The molecule has 128 valence electrons. The van der Waals surface area contributed by atoms with Crippen molar-refractivity contribution in [1.82, 2.24) is 10.3 Å². The highest BCUT2D eigenvalue weighted by Crippen LogP contribution is 2.21. The van der Waals surface area contributed by atoms with Crippen LogP contribution in [0, 0.1) is 23.5 Å². The maximum Gasteiger partial charge on any atom is 0.253 e. The zero-order valence-corrected chi connectivity index (χ0v) is 13.8. The second-order valence-corrected chi connectivity index (χ2v) is 5.66. The van der Waals surface area contributed by atoms with Crippen LogP contribution in [0.25, 0.3) is 0 Å². The van der Waals surface area contributed by atoms with Crippen molar-refractivity contribution in [2.75, 3.05) is 18.4 Å². The Hall–Kier alpha value is -2.16. The quantitative estimate of drug-likeness (QED) is 0.438. The molecule has 1 amide bonds. The van der Waals surface area contributed by atoms with E-state index in [9.17, 15) is 22.4 Å². The zero-order valence-electron chi connectivity index (χ0n) is 12.2. The van der Waals surface area contributed by atoms with Gasteiger partial charge in [-0.3, -0.25) is 4.79 Å². The lowest BCUT2D eigenvalue weighted by molar-refractivity contribution is 0.0953. The molecule has 1 aromatic carbocycles. The predicted octanol–water partition coefficient (Wildman–Crippen LogP) is 3.63. The molecule has 0 saturated heterocycles. The number of rotatable bonds is 6. The van der Waals surface area contributed by atoms with Crippen LogP contribution in [0.4, 0.5) is 23.2 Å². The molecule has 0 radical (unpaired) electrons. The van der Waals surface area contributed by atoms with E-state index in [2.05, 4.69) is 31.5 Å². The van der Waals surface area contributed by atoms with E-state index in [1.807, 2.05) is 0 Å². The molecular formula is C15H12BrF4N3O. The zero-order chi connectivity index (χ0) is 17.7. The molecular weight excluding hydrogens is 394 g/mol. The number of carbonyl (C=O) groups is 1. The Morgan fingerprint density at radius 2 is 1.75 bits per heavy atom. The van der Waals surface area contributed by atoms with Crippen LogP contribution in [0.2, 0.25) is 0 Å². The van der Waals surface area contributed by atoms with E-state index in [4.69, 9.17) is 0 Å². The Morgan fingerprint density at radius 1 is 1.08 bits per heavy atom. The maximum absolute atomic E-state index is 13.4. The highest BCUT2D eigenvalue weighted by Gasteiger charge is 2.20. The number of nitrogens with one attached hydrogen (secondary N) is 2. The predicted molar refractivity (Wildman–Crippen MR) is 83.7 cm³/mol. The monoisotopic (exact) mass is 405 g/mol. The largest absolute Gasteiger partial charge is 0.380 e. The van der Waals surface area contributed by atoms with Gasteiger partial charge in [-0.05, 0) is 24.6 Å². The molecule has 1 heterocycles. The summed E-state index contributed by atoms with van der Waals surface area (Å²) in [5.74, 6) is -6.94. The molecule has 0 unspecified atom stereocenters. The fraction of sp³-hybridized carbons (Fsp3) is 0.200. The first kappa shape index (κ1) is 18.2. The summed E-state index contributed by atoms with van der Waals surface area (Å²) in [6.45, 7) is 0.202. The summed E-state index contributed by atoms with van der Waals surface area (Å²) in [4.78, 5) is 14.3. The molecule has 0 atom stereocenters. The topological polar surface area (TPSA) is 54.0 Å². The van der Waals surface area contributed by atoms with Gasteiger partial charge in [0.2, 0.25) is 11.6 Å². The van der Waals surface area contributed by atoms with Crippen molar-refractivity contribution in [3.63, 3.8) is 0 Å². The summed E-state index contributed by atoms with van der Waals surface area (Å²) in [6.07, 6.45) is 0.282. The first-order chi connectivity index (χ1) is 11.4. The fourth-order valence-electron chi connectivity index (χ4n) is 1.88. The molecule has 0 spiro atoms. The number of nitrogens with zero attached hydrogens (tertiary/aromatic N) is 1. The number of carbonyl (C=O) groups excluding carboxylic acids is 1. The van der Waals surface area contributed by atoms with Crippen LogP contribution in [0.5, 0.6) is 0 Å². The maximum atomic E-state index is 13.4. The second kappa shape index (κ2) is 8.09. The number of halogens is 5. The molecule has 1 aromatic heterocycles. The van der Waals surface area contributed by atoms with Crippen LogP contribution in [0.15, 0.2) is 28.7 Å². The molecule has 0 aliphatic rings.